The van der Waals surface area contributed by atoms with Crippen molar-refractivity contribution >= 4 is 23.0 Å². The predicted molar refractivity (Wildman–Crippen MR) is 102 cm³/mol. The van der Waals surface area contributed by atoms with Crippen LogP contribution in [0.4, 0.5) is 27.4 Å². The Labute approximate surface area is 155 Å². The third-order valence-corrected chi connectivity index (χ3v) is 4.03. The fraction of sp³-hybridized carbons (Fsp3) is 0.158. The van der Waals surface area contributed by atoms with Crippen molar-refractivity contribution in [2.75, 3.05) is 10.6 Å². The van der Waals surface area contributed by atoms with Crippen LogP contribution in [0.15, 0.2) is 54.9 Å². The summed E-state index contributed by atoms with van der Waals surface area (Å²) >= 11 is 0. The Balaban J connectivity index is 1.88. The van der Waals surface area contributed by atoms with Crippen LogP contribution in [0.25, 0.3) is 0 Å². The van der Waals surface area contributed by atoms with Gasteiger partial charge in [0.1, 0.15) is 12.1 Å². The summed E-state index contributed by atoms with van der Waals surface area (Å²) in [6.45, 7) is 2.27. The standard InChI is InChI=1S/C19H18FN5O2/c1-2-14-5-3-4-6-16(14)24-19-17(25(26)27)18(22-12-23-19)21-11-13-7-9-15(20)10-8-13/h3-10,12H,2,11H2,1H3,(H2,21,22,23,24). The van der Waals surface area contributed by atoms with Gasteiger partial charge in [0.15, 0.2) is 0 Å². The van der Waals surface area contributed by atoms with E-state index >= 15 is 0 Å². The Morgan fingerprint density at radius 3 is 2.48 bits per heavy atom. The minimum Gasteiger partial charge on any atom is -0.360 e. The van der Waals surface area contributed by atoms with Crippen molar-refractivity contribution in [2.45, 2.75) is 19.9 Å². The Morgan fingerprint density at radius 1 is 1.07 bits per heavy atom. The summed E-state index contributed by atoms with van der Waals surface area (Å²) in [6, 6.07) is 13.4. The number of hydrogen-bond acceptors (Lipinski definition) is 6. The zero-order valence-corrected chi connectivity index (χ0v) is 14.6. The monoisotopic (exact) mass is 367 g/mol. The fourth-order valence-corrected chi connectivity index (χ4v) is 2.64. The molecule has 0 bridgehead atoms. The molecule has 3 rings (SSSR count). The topological polar surface area (TPSA) is 93.0 Å². The minimum atomic E-state index is -0.524. The van der Waals surface area contributed by atoms with Crippen LogP contribution >= 0.6 is 0 Å². The van der Waals surface area contributed by atoms with Crippen molar-refractivity contribution in [2.24, 2.45) is 0 Å². The SMILES string of the molecule is CCc1ccccc1Nc1ncnc(NCc2ccc(F)cc2)c1[N+](=O)[O-]. The number of aryl methyl sites for hydroxylation is 1. The summed E-state index contributed by atoms with van der Waals surface area (Å²) in [7, 11) is 0. The number of para-hydroxylation sites is 1. The largest absolute Gasteiger partial charge is 0.360 e. The smallest absolute Gasteiger partial charge is 0.353 e. The highest BCUT2D eigenvalue weighted by Gasteiger charge is 2.23. The third-order valence-electron chi connectivity index (χ3n) is 4.03. The van der Waals surface area contributed by atoms with Gasteiger partial charge < -0.3 is 10.6 Å². The van der Waals surface area contributed by atoms with E-state index in [1.54, 1.807) is 12.1 Å². The molecule has 2 aromatic carbocycles. The molecule has 27 heavy (non-hydrogen) atoms. The molecular formula is C19H18FN5O2. The Bertz CT molecular complexity index is 947. The quantitative estimate of drug-likeness (QED) is 0.474. The van der Waals surface area contributed by atoms with Crippen molar-refractivity contribution in [3.63, 3.8) is 0 Å². The molecule has 7 nitrogen and oxygen atoms in total. The van der Waals surface area contributed by atoms with E-state index in [1.807, 2.05) is 31.2 Å². The molecule has 0 amide bonds. The average molecular weight is 367 g/mol. The molecular weight excluding hydrogens is 349 g/mol. The molecule has 0 aliphatic heterocycles. The van der Waals surface area contributed by atoms with Crippen LogP contribution in [0.2, 0.25) is 0 Å². The zero-order chi connectivity index (χ0) is 19.2. The van der Waals surface area contributed by atoms with Crippen molar-refractivity contribution < 1.29 is 9.31 Å². The second-order valence-corrected chi connectivity index (χ2v) is 5.79. The maximum Gasteiger partial charge on any atom is 0.353 e. The highest BCUT2D eigenvalue weighted by Crippen LogP contribution is 2.32. The first-order valence-electron chi connectivity index (χ1n) is 8.41. The highest BCUT2D eigenvalue weighted by molar-refractivity contribution is 5.74. The first kappa shape index (κ1) is 18.2. The summed E-state index contributed by atoms with van der Waals surface area (Å²) < 4.78 is 13.0. The number of nitrogens with zero attached hydrogens (tertiary/aromatic N) is 3. The summed E-state index contributed by atoms with van der Waals surface area (Å²) in [5.74, 6) is -0.138. The molecule has 0 unspecified atom stereocenters. The number of benzene rings is 2. The van der Waals surface area contributed by atoms with Crippen molar-refractivity contribution in [3.8, 4) is 0 Å². The van der Waals surface area contributed by atoms with E-state index in [0.717, 1.165) is 23.2 Å². The first-order chi connectivity index (χ1) is 13.1. The lowest BCUT2D eigenvalue weighted by molar-refractivity contribution is -0.383. The van der Waals surface area contributed by atoms with E-state index in [2.05, 4.69) is 20.6 Å². The van der Waals surface area contributed by atoms with Crippen molar-refractivity contribution in [1.29, 1.82) is 0 Å². The summed E-state index contributed by atoms with van der Waals surface area (Å²) in [6.07, 6.45) is 2.04. The molecule has 0 fully saturated rings. The van der Waals surface area contributed by atoms with Crippen LogP contribution in [0.5, 0.6) is 0 Å². The van der Waals surface area contributed by atoms with Gasteiger partial charge in [-0.15, -0.1) is 0 Å². The van der Waals surface area contributed by atoms with Crippen LogP contribution in [-0.4, -0.2) is 14.9 Å². The van der Waals surface area contributed by atoms with Gasteiger partial charge in [0, 0.05) is 12.2 Å². The number of anilines is 3. The predicted octanol–water partition coefficient (Wildman–Crippen LogP) is 4.44. The van der Waals surface area contributed by atoms with Gasteiger partial charge in [-0.05, 0) is 35.7 Å². The van der Waals surface area contributed by atoms with Gasteiger partial charge in [0.25, 0.3) is 0 Å². The van der Waals surface area contributed by atoms with Gasteiger partial charge in [-0.3, -0.25) is 10.1 Å². The van der Waals surface area contributed by atoms with Crippen LogP contribution < -0.4 is 10.6 Å². The van der Waals surface area contributed by atoms with E-state index < -0.39 is 4.92 Å². The molecule has 0 spiro atoms. The fourth-order valence-electron chi connectivity index (χ4n) is 2.64. The second-order valence-electron chi connectivity index (χ2n) is 5.79. The van der Waals surface area contributed by atoms with Gasteiger partial charge >= 0.3 is 5.69 Å². The lowest BCUT2D eigenvalue weighted by atomic mass is 10.1. The summed E-state index contributed by atoms with van der Waals surface area (Å²) in [5, 5.41) is 17.6. The molecule has 2 N–H and O–H groups in total. The number of nitrogens with one attached hydrogen (secondary N) is 2. The molecule has 0 atom stereocenters. The lowest BCUT2D eigenvalue weighted by Gasteiger charge is -2.12. The first-order valence-corrected chi connectivity index (χ1v) is 8.41. The third kappa shape index (κ3) is 4.35. The normalized spacial score (nSPS) is 10.4. The van der Waals surface area contributed by atoms with Gasteiger partial charge in [-0.1, -0.05) is 37.3 Å². The summed E-state index contributed by atoms with van der Waals surface area (Å²) in [5.41, 5.74) is 2.30. The van der Waals surface area contributed by atoms with Crippen LogP contribution in [-0.2, 0) is 13.0 Å². The molecule has 0 saturated carbocycles. The number of aromatic nitrogens is 2. The Morgan fingerprint density at radius 2 is 1.78 bits per heavy atom. The molecule has 0 aliphatic carbocycles. The molecule has 0 radical (unpaired) electrons. The maximum absolute atomic E-state index is 13.0. The van der Waals surface area contributed by atoms with Gasteiger partial charge in [0.05, 0.1) is 4.92 Å². The zero-order valence-electron chi connectivity index (χ0n) is 14.6. The maximum atomic E-state index is 13.0. The molecule has 0 saturated heterocycles. The van der Waals surface area contributed by atoms with E-state index in [0.29, 0.717) is 0 Å². The molecule has 8 heteroatoms. The second kappa shape index (κ2) is 8.22. The Hall–Kier alpha value is -3.55. The van der Waals surface area contributed by atoms with E-state index in [-0.39, 0.29) is 29.7 Å². The molecule has 1 heterocycles. The van der Waals surface area contributed by atoms with E-state index in [1.165, 1.54) is 18.5 Å². The van der Waals surface area contributed by atoms with E-state index in [4.69, 9.17) is 0 Å². The molecule has 1 aromatic heterocycles. The lowest BCUT2D eigenvalue weighted by Crippen LogP contribution is -2.08. The molecule has 138 valence electrons. The minimum absolute atomic E-state index is 0.0933. The van der Waals surface area contributed by atoms with Crippen molar-refractivity contribution in [3.05, 3.63) is 81.9 Å². The van der Waals surface area contributed by atoms with Gasteiger partial charge in [-0.2, -0.15) is 0 Å². The van der Waals surface area contributed by atoms with Gasteiger partial charge in [0.2, 0.25) is 11.6 Å². The molecule has 3 aromatic rings. The van der Waals surface area contributed by atoms with Crippen LogP contribution in [0.3, 0.4) is 0 Å². The average Bonchev–Trinajstić information content (AvgIpc) is 2.68. The molecule has 0 aliphatic rings. The number of nitro groups is 1. The summed E-state index contributed by atoms with van der Waals surface area (Å²) in [4.78, 5) is 19.2. The highest BCUT2D eigenvalue weighted by atomic mass is 19.1. The Kier molecular flexibility index (Phi) is 5.55. The number of halogens is 1. The number of hydrogen-bond donors (Lipinski definition) is 2. The van der Waals surface area contributed by atoms with E-state index in [9.17, 15) is 14.5 Å². The van der Waals surface area contributed by atoms with Crippen LogP contribution in [0.1, 0.15) is 18.1 Å². The van der Waals surface area contributed by atoms with Crippen molar-refractivity contribution in [1.82, 2.24) is 9.97 Å². The van der Waals surface area contributed by atoms with Gasteiger partial charge in [-0.25, -0.2) is 14.4 Å². The van der Waals surface area contributed by atoms with Crippen LogP contribution in [0, 0.1) is 15.9 Å². The number of rotatable bonds is 7.